The largest absolute Gasteiger partial charge is 0.456 e. The maximum atomic E-state index is 6.33. The van der Waals surface area contributed by atoms with Crippen LogP contribution in [0.25, 0.3) is 111 Å². The Kier molecular flexibility index (Phi) is 5.89. The van der Waals surface area contributed by atoms with Gasteiger partial charge in [-0.05, 0) is 97.1 Å². The van der Waals surface area contributed by atoms with Gasteiger partial charge in [0.2, 0.25) is 0 Å². The Bertz CT molecular complexity index is 3160. The second kappa shape index (κ2) is 10.8. The molecule has 5 heteroatoms. The molecular formula is C46H26N2O3. The molecule has 0 spiro atoms. The fraction of sp³-hybridized carbons (Fsp3) is 0. The molecule has 0 bridgehead atoms. The van der Waals surface area contributed by atoms with Crippen LogP contribution >= 0.6 is 0 Å². The quantitative estimate of drug-likeness (QED) is 0.189. The highest BCUT2D eigenvalue weighted by Crippen LogP contribution is 2.38. The molecule has 0 aliphatic carbocycles. The molecule has 0 radical (unpaired) electrons. The monoisotopic (exact) mass is 654 g/mol. The molecule has 11 rings (SSSR count). The van der Waals surface area contributed by atoms with Gasteiger partial charge in [-0.25, -0.2) is 9.97 Å². The molecule has 0 atom stereocenters. The fourth-order valence-electron chi connectivity index (χ4n) is 7.43. The summed E-state index contributed by atoms with van der Waals surface area (Å²) in [5.74, 6) is 0. The molecular weight excluding hydrogens is 629 g/mol. The number of furan rings is 3. The van der Waals surface area contributed by atoms with E-state index in [1.807, 2.05) is 60.7 Å². The predicted molar refractivity (Wildman–Crippen MR) is 206 cm³/mol. The lowest BCUT2D eigenvalue weighted by atomic mass is 10.0. The lowest BCUT2D eigenvalue weighted by molar-refractivity contribution is 0.668. The van der Waals surface area contributed by atoms with Gasteiger partial charge in [-0.3, -0.25) is 0 Å². The van der Waals surface area contributed by atoms with E-state index in [-0.39, 0.29) is 0 Å². The Hall–Kier alpha value is -6.98. The Morgan fingerprint density at radius 2 is 0.706 bits per heavy atom. The minimum Gasteiger partial charge on any atom is -0.456 e. The van der Waals surface area contributed by atoms with Crippen LogP contribution in [0.2, 0.25) is 0 Å². The van der Waals surface area contributed by atoms with Crippen molar-refractivity contribution in [3.05, 3.63) is 158 Å². The SMILES string of the molecule is c1cc(-c2ccc3oc4ccccc4c3c2)nc(-c2ccc3oc4ccc(-c5cccc(-c6cccc7c6oc6ccccc67)n5)cc4c3c2)c1. The first-order chi connectivity index (χ1) is 25.2. The van der Waals surface area contributed by atoms with E-state index >= 15 is 0 Å². The van der Waals surface area contributed by atoms with Crippen molar-refractivity contribution in [2.24, 2.45) is 0 Å². The average molecular weight is 655 g/mol. The van der Waals surface area contributed by atoms with Crippen molar-refractivity contribution in [1.29, 1.82) is 0 Å². The molecule has 5 heterocycles. The molecule has 0 aliphatic heterocycles. The first kappa shape index (κ1) is 27.9. The van der Waals surface area contributed by atoms with Crippen LogP contribution in [0.4, 0.5) is 0 Å². The van der Waals surface area contributed by atoms with Crippen molar-refractivity contribution in [2.75, 3.05) is 0 Å². The van der Waals surface area contributed by atoms with Crippen LogP contribution in [0.3, 0.4) is 0 Å². The van der Waals surface area contributed by atoms with Crippen molar-refractivity contribution in [2.45, 2.75) is 0 Å². The van der Waals surface area contributed by atoms with Gasteiger partial charge in [0.25, 0.3) is 0 Å². The third-order valence-electron chi connectivity index (χ3n) is 9.91. The first-order valence-corrected chi connectivity index (χ1v) is 17.0. The maximum absolute atomic E-state index is 6.33. The summed E-state index contributed by atoms with van der Waals surface area (Å²) in [6, 6.07) is 53.7. The maximum Gasteiger partial charge on any atom is 0.144 e. The van der Waals surface area contributed by atoms with Crippen LogP contribution in [0.15, 0.2) is 171 Å². The van der Waals surface area contributed by atoms with Gasteiger partial charge in [0.1, 0.15) is 33.5 Å². The number of nitrogens with zero attached hydrogens (tertiary/aromatic N) is 2. The second-order valence-corrected chi connectivity index (χ2v) is 12.9. The van der Waals surface area contributed by atoms with Crippen molar-refractivity contribution in [3.8, 4) is 45.0 Å². The lowest BCUT2D eigenvalue weighted by Gasteiger charge is -2.07. The first-order valence-electron chi connectivity index (χ1n) is 17.0. The van der Waals surface area contributed by atoms with Gasteiger partial charge in [0.15, 0.2) is 0 Å². The molecule has 0 N–H and O–H groups in total. The minimum atomic E-state index is 0.830. The number of pyridine rings is 2. The van der Waals surface area contributed by atoms with E-state index in [1.165, 1.54) is 0 Å². The van der Waals surface area contributed by atoms with E-state index in [4.69, 9.17) is 23.2 Å². The molecule has 0 amide bonds. The van der Waals surface area contributed by atoms with Crippen molar-refractivity contribution < 1.29 is 13.3 Å². The molecule has 51 heavy (non-hydrogen) atoms. The highest BCUT2D eigenvalue weighted by Gasteiger charge is 2.16. The van der Waals surface area contributed by atoms with Gasteiger partial charge in [-0.15, -0.1) is 0 Å². The van der Waals surface area contributed by atoms with Gasteiger partial charge in [0.05, 0.1) is 22.8 Å². The molecule has 0 unspecified atom stereocenters. The van der Waals surface area contributed by atoms with E-state index < -0.39 is 0 Å². The van der Waals surface area contributed by atoms with Crippen molar-refractivity contribution in [3.63, 3.8) is 0 Å². The van der Waals surface area contributed by atoms with Crippen LogP contribution in [-0.2, 0) is 0 Å². The molecule has 0 saturated carbocycles. The van der Waals surface area contributed by atoms with Crippen LogP contribution in [0.5, 0.6) is 0 Å². The van der Waals surface area contributed by atoms with Crippen molar-refractivity contribution >= 4 is 65.8 Å². The summed E-state index contributed by atoms with van der Waals surface area (Å²) in [5.41, 5.74) is 12.7. The van der Waals surface area contributed by atoms with Gasteiger partial charge in [-0.1, -0.05) is 60.7 Å². The van der Waals surface area contributed by atoms with Crippen LogP contribution in [0.1, 0.15) is 0 Å². The number of fused-ring (bicyclic) bond motifs is 9. The van der Waals surface area contributed by atoms with Gasteiger partial charge < -0.3 is 13.3 Å². The summed E-state index contributed by atoms with van der Waals surface area (Å²) in [6.45, 7) is 0. The molecule has 11 aromatic rings. The van der Waals surface area contributed by atoms with Crippen LogP contribution < -0.4 is 0 Å². The normalized spacial score (nSPS) is 11.9. The zero-order chi connectivity index (χ0) is 33.5. The van der Waals surface area contributed by atoms with E-state index in [0.29, 0.717) is 0 Å². The minimum absolute atomic E-state index is 0.830. The van der Waals surface area contributed by atoms with Crippen LogP contribution in [0, 0.1) is 0 Å². The predicted octanol–water partition coefficient (Wildman–Crippen LogP) is 12.8. The molecule has 0 aliphatic rings. The fourth-order valence-corrected chi connectivity index (χ4v) is 7.43. The van der Waals surface area contributed by atoms with E-state index in [9.17, 15) is 0 Å². The molecule has 0 fully saturated rings. The summed E-state index contributed by atoms with van der Waals surface area (Å²) in [5, 5.41) is 6.45. The third kappa shape index (κ3) is 4.42. The topological polar surface area (TPSA) is 65.2 Å². The summed E-state index contributed by atoms with van der Waals surface area (Å²) in [4.78, 5) is 10.2. The zero-order valence-corrected chi connectivity index (χ0v) is 27.1. The smallest absolute Gasteiger partial charge is 0.144 e. The number of hydrogen-bond donors (Lipinski definition) is 0. The third-order valence-corrected chi connectivity index (χ3v) is 9.91. The van der Waals surface area contributed by atoms with E-state index in [0.717, 1.165) is 111 Å². The van der Waals surface area contributed by atoms with Gasteiger partial charge >= 0.3 is 0 Å². The van der Waals surface area contributed by atoms with Gasteiger partial charge in [0, 0.05) is 54.6 Å². The highest BCUT2D eigenvalue weighted by atomic mass is 16.3. The van der Waals surface area contributed by atoms with Gasteiger partial charge in [-0.2, -0.15) is 0 Å². The highest BCUT2D eigenvalue weighted by molar-refractivity contribution is 6.10. The Labute approximate surface area is 291 Å². The Balaban J connectivity index is 0.979. The molecule has 238 valence electrons. The second-order valence-electron chi connectivity index (χ2n) is 12.9. The molecule has 0 saturated heterocycles. The average Bonchev–Trinajstić information content (AvgIpc) is 3.88. The Morgan fingerprint density at radius 3 is 1.29 bits per heavy atom. The summed E-state index contributed by atoms with van der Waals surface area (Å²) < 4.78 is 18.7. The summed E-state index contributed by atoms with van der Waals surface area (Å²) in [6.07, 6.45) is 0. The molecule has 5 aromatic heterocycles. The number of benzene rings is 6. The summed E-state index contributed by atoms with van der Waals surface area (Å²) >= 11 is 0. The molecule has 5 nitrogen and oxygen atoms in total. The lowest BCUT2D eigenvalue weighted by Crippen LogP contribution is -1.88. The number of para-hydroxylation sites is 3. The number of aromatic nitrogens is 2. The van der Waals surface area contributed by atoms with E-state index in [2.05, 4.69) is 97.1 Å². The van der Waals surface area contributed by atoms with E-state index in [1.54, 1.807) is 0 Å². The van der Waals surface area contributed by atoms with Crippen molar-refractivity contribution in [1.82, 2.24) is 9.97 Å². The number of rotatable bonds is 4. The standard InChI is InChI=1S/C46H26N2O3/c1-4-17-42-30(8-1)32-10-5-11-33(46(32)51-42)40-15-7-14-39(48-40)29-20-23-45-36(26-29)35-25-28(19-22-44(35)50-45)38-13-6-12-37(47-38)27-18-21-43-34(24-27)31-9-2-3-16-41(31)49-43/h1-26H. The number of hydrogen-bond acceptors (Lipinski definition) is 5. The van der Waals surface area contributed by atoms with Crippen LogP contribution in [-0.4, -0.2) is 9.97 Å². The summed E-state index contributed by atoms with van der Waals surface area (Å²) in [7, 11) is 0. The molecule has 6 aromatic carbocycles. The Morgan fingerprint density at radius 1 is 0.294 bits per heavy atom. The zero-order valence-electron chi connectivity index (χ0n) is 27.1.